The molecule has 0 N–H and O–H groups in total. The summed E-state index contributed by atoms with van der Waals surface area (Å²) in [5.41, 5.74) is 1.93. The molecule has 0 bridgehead atoms. The summed E-state index contributed by atoms with van der Waals surface area (Å²) < 4.78 is 0. The molecule has 2 aliphatic rings. The third kappa shape index (κ3) is 4.11. The topological polar surface area (TPSA) is 52.6 Å². The molecule has 6 heteroatoms. The van der Waals surface area contributed by atoms with Gasteiger partial charge < -0.3 is 14.7 Å². The van der Waals surface area contributed by atoms with Gasteiger partial charge in [0.1, 0.15) is 0 Å². The number of aryl methyl sites for hydroxylation is 1. The number of anilines is 2. The number of rotatable bonds is 3. The summed E-state index contributed by atoms with van der Waals surface area (Å²) in [5, 5.41) is 8.93. The van der Waals surface area contributed by atoms with Crippen LogP contribution >= 0.6 is 0 Å². The van der Waals surface area contributed by atoms with Crippen LogP contribution in [-0.2, 0) is 0 Å². The number of carbonyl (C=O) groups is 1. The van der Waals surface area contributed by atoms with Crippen molar-refractivity contribution in [1.82, 2.24) is 15.1 Å². The summed E-state index contributed by atoms with van der Waals surface area (Å²) in [6, 6.07) is 12.0. The Kier molecular flexibility index (Phi) is 5.46. The predicted molar refractivity (Wildman–Crippen MR) is 112 cm³/mol. The van der Waals surface area contributed by atoms with Crippen LogP contribution in [0.2, 0.25) is 0 Å². The molecule has 2 aromatic rings. The fraction of sp³-hybridized carbons (Fsp3) is 0.500. The molecule has 1 aromatic heterocycles. The van der Waals surface area contributed by atoms with Crippen molar-refractivity contribution >= 4 is 17.5 Å². The van der Waals surface area contributed by atoms with Crippen molar-refractivity contribution in [3.8, 4) is 0 Å². The zero-order valence-corrected chi connectivity index (χ0v) is 16.8. The van der Waals surface area contributed by atoms with Gasteiger partial charge in [-0.1, -0.05) is 24.6 Å². The van der Waals surface area contributed by atoms with E-state index < -0.39 is 0 Å². The van der Waals surface area contributed by atoms with Crippen LogP contribution in [0.4, 0.5) is 11.6 Å². The molecule has 6 nitrogen and oxygen atoms in total. The molecule has 4 rings (SSSR count). The Labute approximate surface area is 167 Å². The van der Waals surface area contributed by atoms with Crippen LogP contribution in [-0.4, -0.2) is 60.3 Å². The molecule has 2 fully saturated rings. The number of nitrogens with zero attached hydrogens (tertiary/aromatic N) is 5. The highest BCUT2D eigenvalue weighted by Gasteiger charge is 2.23. The molecular weight excluding hydrogens is 350 g/mol. The van der Waals surface area contributed by atoms with Gasteiger partial charge in [0.25, 0.3) is 5.91 Å². The second-order valence-corrected chi connectivity index (χ2v) is 8.06. The first-order chi connectivity index (χ1) is 13.6. The molecule has 1 amide bonds. The van der Waals surface area contributed by atoms with Crippen molar-refractivity contribution in [2.75, 3.05) is 49.1 Å². The first-order valence-electron chi connectivity index (χ1n) is 10.3. The van der Waals surface area contributed by atoms with Crippen molar-refractivity contribution < 1.29 is 4.79 Å². The summed E-state index contributed by atoms with van der Waals surface area (Å²) in [7, 11) is 0. The summed E-state index contributed by atoms with van der Waals surface area (Å²) >= 11 is 0. The molecule has 148 valence electrons. The highest BCUT2D eigenvalue weighted by Crippen LogP contribution is 2.22. The fourth-order valence-corrected chi connectivity index (χ4v) is 3.91. The van der Waals surface area contributed by atoms with Crippen LogP contribution in [0.1, 0.15) is 35.7 Å². The summed E-state index contributed by atoms with van der Waals surface area (Å²) in [4.78, 5) is 19.1. The van der Waals surface area contributed by atoms with Gasteiger partial charge in [-0.15, -0.1) is 10.2 Å². The molecule has 3 heterocycles. The Balaban J connectivity index is 1.33. The lowest BCUT2D eigenvalue weighted by Gasteiger charge is -2.35. The second-order valence-electron chi connectivity index (χ2n) is 8.06. The number of benzene rings is 1. The van der Waals surface area contributed by atoms with E-state index in [1.54, 1.807) is 0 Å². The van der Waals surface area contributed by atoms with Gasteiger partial charge in [-0.3, -0.25) is 4.79 Å². The molecule has 1 aromatic carbocycles. The van der Waals surface area contributed by atoms with Gasteiger partial charge in [0.2, 0.25) is 0 Å². The van der Waals surface area contributed by atoms with Gasteiger partial charge >= 0.3 is 0 Å². The zero-order valence-electron chi connectivity index (χ0n) is 16.8. The second kappa shape index (κ2) is 8.17. The summed E-state index contributed by atoms with van der Waals surface area (Å²) in [5.74, 6) is 2.79. The molecule has 0 spiro atoms. The normalized spacial score (nSPS) is 18.4. The third-order valence-corrected chi connectivity index (χ3v) is 5.93. The number of carbonyl (C=O) groups excluding carboxylic acids is 1. The van der Waals surface area contributed by atoms with Crippen molar-refractivity contribution in [3.63, 3.8) is 0 Å². The van der Waals surface area contributed by atoms with Crippen LogP contribution in [0.15, 0.2) is 36.4 Å². The molecule has 0 saturated carbocycles. The van der Waals surface area contributed by atoms with Crippen LogP contribution in [0, 0.1) is 12.8 Å². The van der Waals surface area contributed by atoms with Gasteiger partial charge in [0, 0.05) is 44.8 Å². The lowest BCUT2D eigenvalue weighted by atomic mass is 9.99. The number of piperidine rings is 1. The Morgan fingerprint density at radius 2 is 1.36 bits per heavy atom. The quantitative estimate of drug-likeness (QED) is 0.821. The minimum atomic E-state index is 0.111. The van der Waals surface area contributed by atoms with Gasteiger partial charge in [-0.2, -0.15) is 0 Å². The van der Waals surface area contributed by atoms with Crippen molar-refractivity contribution in [1.29, 1.82) is 0 Å². The molecule has 28 heavy (non-hydrogen) atoms. The van der Waals surface area contributed by atoms with E-state index in [4.69, 9.17) is 0 Å². The largest absolute Gasteiger partial charge is 0.355 e. The van der Waals surface area contributed by atoms with E-state index in [1.165, 1.54) is 18.4 Å². The van der Waals surface area contributed by atoms with Gasteiger partial charge in [-0.05, 0) is 49.9 Å². The number of amides is 1. The lowest BCUT2D eigenvalue weighted by molar-refractivity contribution is 0.0746. The molecular formula is C22H29N5O. The van der Waals surface area contributed by atoms with E-state index in [1.807, 2.05) is 36.1 Å². The maximum atomic E-state index is 12.7. The molecule has 2 aliphatic heterocycles. The van der Waals surface area contributed by atoms with Crippen molar-refractivity contribution in [2.24, 2.45) is 5.92 Å². The Bertz CT molecular complexity index is 789. The first-order valence-corrected chi connectivity index (χ1v) is 10.3. The minimum Gasteiger partial charge on any atom is -0.355 e. The number of aromatic nitrogens is 2. The number of piperazine rings is 1. The Hall–Kier alpha value is -2.63. The van der Waals surface area contributed by atoms with E-state index in [-0.39, 0.29) is 5.91 Å². The van der Waals surface area contributed by atoms with Crippen LogP contribution in [0.25, 0.3) is 0 Å². The lowest BCUT2D eigenvalue weighted by Crippen LogP contribution is -2.49. The third-order valence-electron chi connectivity index (χ3n) is 5.93. The van der Waals surface area contributed by atoms with Gasteiger partial charge in [0.15, 0.2) is 11.6 Å². The van der Waals surface area contributed by atoms with Crippen molar-refractivity contribution in [3.05, 3.63) is 47.5 Å². The standard InChI is InChI=1S/C22H29N5O/c1-17-3-5-19(6-4-17)22(28)27-15-13-26(14-16-27)21-8-7-20(23-24-21)25-11-9-18(2)10-12-25/h3-8,18H,9-16H2,1-2H3. The number of hydrogen-bond donors (Lipinski definition) is 0. The van der Waals surface area contributed by atoms with E-state index in [0.717, 1.165) is 49.3 Å². The number of hydrogen-bond acceptors (Lipinski definition) is 5. The van der Waals surface area contributed by atoms with Crippen LogP contribution < -0.4 is 9.80 Å². The molecule has 0 radical (unpaired) electrons. The highest BCUT2D eigenvalue weighted by atomic mass is 16.2. The van der Waals surface area contributed by atoms with Gasteiger partial charge in [0.05, 0.1) is 0 Å². The maximum absolute atomic E-state index is 12.7. The van der Waals surface area contributed by atoms with Crippen molar-refractivity contribution in [2.45, 2.75) is 26.7 Å². The van der Waals surface area contributed by atoms with Crippen LogP contribution in [0.5, 0.6) is 0 Å². The summed E-state index contributed by atoms with van der Waals surface area (Å²) in [6.07, 6.45) is 2.45. The maximum Gasteiger partial charge on any atom is 0.253 e. The zero-order chi connectivity index (χ0) is 19.5. The average Bonchev–Trinajstić information content (AvgIpc) is 2.75. The van der Waals surface area contributed by atoms with E-state index in [2.05, 4.69) is 39.1 Å². The van der Waals surface area contributed by atoms with E-state index in [9.17, 15) is 4.79 Å². The fourth-order valence-electron chi connectivity index (χ4n) is 3.91. The minimum absolute atomic E-state index is 0.111. The average molecular weight is 380 g/mol. The smallest absolute Gasteiger partial charge is 0.253 e. The molecule has 2 saturated heterocycles. The predicted octanol–water partition coefficient (Wildman–Crippen LogP) is 2.98. The van der Waals surface area contributed by atoms with Gasteiger partial charge in [-0.25, -0.2) is 0 Å². The first kappa shape index (κ1) is 18.7. The van der Waals surface area contributed by atoms with E-state index >= 15 is 0 Å². The SMILES string of the molecule is Cc1ccc(C(=O)N2CCN(c3ccc(N4CCC(C)CC4)nn3)CC2)cc1. The highest BCUT2D eigenvalue weighted by molar-refractivity contribution is 5.94. The monoisotopic (exact) mass is 379 g/mol. The molecule has 0 aliphatic carbocycles. The molecule has 0 unspecified atom stereocenters. The molecule has 0 atom stereocenters. The Morgan fingerprint density at radius 1 is 0.821 bits per heavy atom. The van der Waals surface area contributed by atoms with Crippen LogP contribution in [0.3, 0.4) is 0 Å². The van der Waals surface area contributed by atoms with E-state index in [0.29, 0.717) is 13.1 Å². The Morgan fingerprint density at radius 3 is 1.89 bits per heavy atom. The summed E-state index contributed by atoms with van der Waals surface area (Å²) in [6.45, 7) is 9.46.